The largest absolute Gasteiger partial charge is 0.397 e. The number of aryl methyl sites for hydroxylation is 1. The van der Waals surface area contributed by atoms with Crippen LogP contribution in [0.15, 0.2) is 36.4 Å². The van der Waals surface area contributed by atoms with Crippen molar-refractivity contribution >= 4 is 11.5 Å². The van der Waals surface area contributed by atoms with Gasteiger partial charge in [0.1, 0.15) is 5.82 Å². The molecule has 0 saturated carbocycles. The summed E-state index contributed by atoms with van der Waals surface area (Å²) < 4.78 is 5.49. The Labute approximate surface area is 120 Å². The molecule has 1 aromatic heterocycles. The molecule has 0 bridgehead atoms. The van der Waals surface area contributed by atoms with Crippen molar-refractivity contribution in [3.05, 3.63) is 53.2 Å². The molecule has 0 atom stereocenters. The molecule has 0 amide bonds. The summed E-state index contributed by atoms with van der Waals surface area (Å²) in [5.41, 5.74) is 9.75. The van der Waals surface area contributed by atoms with Crippen LogP contribution in [-0.2, 0) is 17.9 Å². The van der Waals surface area contributed by atoms with Gasteiger partial charge in [-0.3, -0.25) is 0 Å². The molecule has 4 heteroatoms. The first-order valence-corrected chi connectivity index (χ1v) is 6.82. The summed E-state index contributed by atoms with van der Waals surface area (Å²) in [6, 6.07) is 12.0. The highest BCUT2D eigenvalue weighted by molar-refractivity contribution is 5.49. The van der Waals surface area contributed by atoms with E-state index in [4.69, 9.17) is 10.5 Å². The van der Waals surface area contributed by atoms with Crippen molar-refractivity contribution in [2.24, 2.45) is 0 Å². The number of rotatable bonds is 6. The van der Waals surface area contributed by atoms with Crippen LogP contribution in [0.25, 0.3) is 0 Å². The lowest BCUT2D eigenvalue weighted by molar-refractivity contribution is 0.133. The van der Waals surface area contributed by atoms with Gasteiger partial charge in [0, 0.05) is 13.2 Å². The number of nitrogens with two attached hydrogens (primary N) is 1. The second-order valence-electron chi connectivity index (χ2n) is 4.63. The first kappa shape index (κ1) is 14.3. The van der Waals surface area contributed by atoms with Gasteiger partial charge in [-0.05, 0) is 37.1 Å². The van der Waals surface area contributed by atoms with E-state index in [1.807, 2.05) is 38.1 Å². The highest BCUT2D eigenvalue weighted by Crippen LogP contribution is 2.15. The minimum Gasteiger partial charge on any atom is -0.397 e. The fraction of sp³-hybridized carbons (Fsp3) is 0.312. The maximum atomic E-state index is 5.77. The van der Waals surface area contributed by atoms with E-state index in [2.05, 4.69) is 22.4 Å². The highest BCUT2D eigenvalue weighted by atomic mass is 16.5. The SMILES string of the molecule is CCOCc1ccccc1CNc1ccc(N)c(C)n1. The average molecular weight is 271 g/mol. The molecular formula is C16H21N3O. The normalized spacial score (nSPS) is 10.5. The standard InChI is InChI=1S/C16H21N3O/c1-3-20-11-14-7-5-4-6-13(14)10-18-16-9-8-15(17)12(2)19-16/h4-9H,3,10-11,17H2,1-2H3,(H,18,19). The fourth-order valence-electron chi connectivity index (χ4n) is 1.94. The zero-order valence-corrected chi connectivity index (χ0v) is 12.0. The van der Waals surface area contributed by atoms with E-state index >= 15 is 0 Å². The van der Waals surface area contributed by atoms with Crippen molar-refractivity contribution in [3.8, 4) is 0 Å². The zero-order chi connectivity index (χ0) is 14.4. The van der Waals surface area contributed by atoms with E-state index in [1.54, 1.807) is 0 Å². The predicted molar refractivity (Wildman–Crippen MR) is 82.5 cm³/mol. The molecule has 2 rings (SSSR count). The number of nitrogens with zero attached hydrogens (tertiary/aromatic N) is 1. The van der Waals surface area contributed by atoms with Crippen LogP contribution in [0.1, 0.15) is 23.7 Å². The molecule has 0 radical (unpaired) electrons. The summed E-state index contributed by atoms with van der Waals surface area (Å²) in [6.45, 7) is 5.99. The molecule has 0 aliphatic heterocycles. The Kier molecular flexibility index (Phi) is 4.96. The Morgan fingerprint density at radius 1 is 1.15 bits per heavy atom. The predicted octanol–water partition coefficient (Wildman–Crippen LogP) is 3.12. The Morgan fingerprint density at radius 3 is 2.60 bits per heavy atom. The van der Waals surface area contributed by atoms with Crippen LogP contribution in [-0.4, -0.2) is 11.6 Å². The van der Waals surface area contributed by atoms with Crippen LogP contribution >= 0.6 is 0 Å². The Balaban J connectivity index is 2.04. The van der Waals surface area contributed by atoms with Crippen molar-refractivity contribution in [3.63, 3.8) is 0 Å². The monoisotopic (exact) mass is 271 g/mol. The topological polar surface area (TPSA) is 60.2 Å². The van der Waals surface area contributed by atoms with Gasteiger partial charge in [-0.2, -0.15) is 0 Å². The van der Waals surface area contributed by atoms with Gasteiger partial charge in [-0.15, -0.1) is 0 Å². The number of anilines is 2. The molecule has 0 aliphatic rings. The van der Waals surface area contributed by atoms with E-state index in [0.717, 1.165) is 24.7 Å². The van der Waals surface area contributed by atoms with Gasteiger partial charge in [0.2, 0.25) is 0 Å². The van der Waals surface area contributed by atoms with Crippen LogP contribution < -0.4 is 11.1 Å². The molecule has 1 aromatic carbocycles. The van der Waals surface area contributed by atoms with Gasteiger partial charge in [0.05, 0.1) is 18.0 Å². The summed E-state index contributed by atoms with van der Waals surface area (Å²) in [6.07, 6.45) is 0. The first-order chi connectivity index (χ1) is 9.70. The minimum absolute atomic E-state index is 0.641. The number of hydrogen-bond donors (Lipinski definition) is 2. The second-order valence-corrected chi connectivity index (χ2v) is 4.63. The first-order valence-electron chi connectivity index (χ1n) is 6.82. The summed E-state index contributed by atoms with van der Waals surface area (Å²) in [5, 5.41) is 3.32. The second kappa shape index (κ2) is 6.91. The van der Waals surface area contributed by atoms with Crippen LogP contribution in [0.5, 0.6) is 0 Å². The maximum Gasteiger partial charge on any atom is 0.126 e. The molecule has 0 fully saturated rings. The molecule has 3 N–H and O–H groups in total. The number of pyridine rings is 1. The third-order valence-electron chi connectivity index (χ3n) is 3.17. The van der Waals surface area contributed by atoms with Gasteiger partial charge < -0.3 is 15.8 Å². The van der Waals surface area contributed by atoms with Gasteiger partial charge in [-0.1, -0.05) is 24.3 Å². The van der Waals surface area contributed by atoms with Crippen LogP contribution in [0.2, 0.25) is 0 Å². The van der Waals surface area contributed by atoms with Gasteiger partial charge >= 0.3 is 0 Å². The lowest BCUT2D eigenvalue weighted by atomic mass is 10.1. The van der Waals surface area contributed by atoms with Crippen molar-refractivity contribution in [1.82, 2.24) is 4.98 Å². The van der Waals surface area contributed by atoms with Crippen LogP contribution in [0, 0.1) is 6.92 Å². The maximum absolute atomic E-state index is 5.77. The van der Waals surface area contributed by atoms with E-state index in [9.17, 15) is 0 Å². The lowest BCUT2D eigenvalue weighted by Gasteiger charge is -2.11. The minimum atomic E-state index is 0.641. The van der Waals surface area contributed by atoms with Crippen LogP contribution in [0.4, 0.5) is 11.5 Å². The molecule has 20 heavy (non-hydrogen) atoms. The number of aromatic nitrogens is 1. The Bertz CT molecular complexity index is 569. The molecule has 0 saturated heterocycles. The third-order valence-corrected chi connectivity index (χ3v) is 3.17. The van der Waals surface area contributed by atoms with Gasteiger partial charge in [-0.25, -0.2) is 4.98 Å². The number of hydrogen-bond acceptors (Lipinski definition) is 4. The molecule has 106 valence electrons. The Morgan fingerprint density at radius 2 is 1.90 bits per heavy atom. The van der Waals surface area contributed by atoms with Crippen molar-refractivity contribution < 1.29 is 4.74 Å². The third kappa shape index (κ3) is 3.71. The van der Waals surface area contributed by atoms with E-state index in [1.165, 1.54) is 11.1 Å². The summed E-state index contributed by atoms with van der Waals surface area (Å²) in [7, 11) is 0. The van der Waals surface area contributed by atoms with E-state index < -0.39 is 0 Å². The molecule has 4 nitrogen and oxygen atoms in total. The zero-order valence-electron chi connectivity index (χ0n) is 12.0. The number of ether oxygens (including phenoxy) is 1. The van der Waals surface area contributed by atoms with Crippen molar-refractivity contribution in [2.75, 3.05) is 17.7 Å². The van der Waals surface area contributed by atoms with E-state index in [-0.39, 0.29) is 0 Å². The summed E-state index contributed by atoms with van der Waals surface area (Å²) in [4.78, 5) is 4.41. The summed E-state index contributed by atoms with van der Waals surface area (Å²) in [5.74, 6) is 0.836. The molecular weight excluding hydrogens is 250 g/mol. The molecule has 0 spiro atoms. The number of benzene rings is 1. The smallest absolute Gasteiger partial charge is 0.126 e. The van der Waals surface area contributed by atoms with Crippen LogP contribution in [0.3, 0.4) is 0 Å². The van der Waals surface area contributed by atoms with Gasteiger partial charge in [0.15, 0.2) is 0 Å². The fourth-order valence-corrected chi connectivity index (χ4v) is 1.94. The lowest BCUT2D eigenvalue weighted by Crippen LogP contribution is -2.06. The van der Waals surface area contributed by atoms with Crippen molar-refractivity contribution in [1.29, 1.82) is 0 Å². The van der Waals surface area contributed by atoms with Gasteiger partial charge in [0.25, 0.3) is 0 Å². The molecule has 1 heterocycles. The molecule has 0 unspecified atom stereocenters. The molecule has 2 aromatic rings. The highest BCUT2D eigenvalue weighted by Gasteiger charge is 2.03. The summed E-state index contributed by atoms with van der Waals surface area (Å²) >= 11 is 0. The Hall–Kier alpha value is -2.07. The quantitative estimate of drug-likeness (QED) is 0.847. The van der Waals surface area contributed by atoms with Crippen molar-refractivity contribution in [2.45, 2.75) is 27.0 Å². The molecule has 0 aliphatic carbocycles. The van der Waals surface area contributed by atoms with E-state index in [0.29, 0.717) is 12.3 Å². The average Bonchev–Trinajstić information content (AvgIpc) is 2.47. The number of nitrogen functional groups attached to an aromatic ring is 1. The number of nitrogens with one attached hydrogen (secondary N) is 1.